The van der Waals surface area contributed by atoms with E-state index in [0.29, 0.717) is 18.1 Å². The minimum atomic E-state index is 0.325. The summed E-state index contributed by atoms with van der Waals surface area (Å²) in [6.07, 6.45) is 3.39. The van der Waals surface area contributed by atoms with E-state index in [4.69, 9.17) is 4.74 Å². The SMILES string of the molecule is O=COc1cccc2c1C(CCCCBr)c1ccccc1-2. The Kier molecular flexibility index (Phi) is 4.39. The number of alkyl halides is 1. The third-order valence-electron chi connectivity index (χ3n) is 4.09. The van der Waals surface area contributed by atoms with Crippen LogP contribution in [0.5, 0.6) is 5.75 Å². The number of rotatable bonds is 6. The predicted molar refractivity (Wildman–Crippen MR) is 88.1 cm³/mol. The lowest BCUT2D eigenvalue weighted by Gasteiger charge is -2.15. The smallest absolute Gasteiger partial charge is 0.298 e. The van der Waals surface area contributed by atoms with E-state index in [1.165, 1.54) is 22.3 Å². The van der Waals surface area contributed by atoms with Gasteiger partial charge < -0.3 is 4.74 Å². The van der Waals surface area contributed by atoms with Gasteiger partial charge in [0, 0.05) is 16.8 Å². The van der Waals surface area contributed by atoms with Gasteiger partial charge in [0.15, 0.2) is 0 Å². The van der Waals surface area contributed by atoms with Gasteiger partial charge in [0.1, 0.15) is 5.75 Å². The average molecular weight is 345 g/mol. The van der Waals surface area contributed by atoms with E-state index in [1.807, 2.05) is 12.1 Å². The second-order valence-electron chi connectivity index (χ2n) is 5.26. The molecule has 21 heavy (non-hydrogen) atoms. The highest BCUT2D eigenvalue weighted by Crippen LogP contribution is 2.50. The lowest BCUT2D eigenvalue weighted by molar-refractivity contribution is -0.120. The Labute approximate surface area is 133 Å². The van der Waals surface area contributed by atoms with Crippen molar-refractivity contribution in [2.75, 3.05) is 5.33 Å². The first-order chi connectivity index (χ1) is 10.4. The number of carbonyl (C=O) groups is 1. The van der Waals surface area contributed by atoms with Crippen LogP contribution in [0.4, 0.5) is 0 Å². The fourth-order valence-corrected chi connectivity index (χ4v) is 3.63. The lowest BCUT2D eigenvalue weighted by atomic mass is 9.91. The van der Waals surface area contributed by atoms with E-state index in [2.05, 4.69) is 46.3 Å². The summed E-state index contributed by atoms with van der Waals surface area (Å²) in [7, 11) is 0. The van der Waals surface area contributed by atoms with Gasteiger partial charge in [-0.25, -0.2) is 0 Å². The van der Waals surface area contributed by atoms with Crippen LogP contribution in [-0.4, -0.2) is 11.8 Å². The summed E-state index contributed by atoms with van der Waals surface area (Å²) in [5.74, 6) is 1.02. The molecule has 0 fully saturated rings. The molecule has 0 radical (unpaired) electrons. The van der Waals surface area contributed by atoms with Crippen LogP contribution in [0.2, 0.25) is 0 Å². The Balaban J connectivity index is 2.06. The van der Waals surface area contributed by atoms with Crippen molar-refractivity contribution < 1.29 is 9.53 Å². The predicted octanol–water partition coefficient (Wildman–Crippen LogP) is 4.90. The molecular formula is C18H17BrO2. The van der Waals surface area contributed by atoms with Crippen molar-refractivity contribution in [3.63, 3.8) is 0 Å². The van der Waals surface area contributed by atoms with Crippen LogP contribution in [-0.2, 0) is 4.79 Å². The molecular weight excluding hydrogens is 328 g/mol. The van der Waals surface area contributed by atoms with Crippen LogP contribution in [0.15, 0.2) is 42.5 Å². The number of carbonyl (C=O) groups excluding carboxylic acids is 1. The molecule has 0 bridgehead atoms. The van der Waals surface area contributed by atoms with Crippen molar-refractivity contribution in [1.29, 1.82) is 0 Å². The zero-order valence-corrected chi connectivity index (χ0v) is 13.3. The Morgan fingerprint density at radius 1 is 1.05 bits per heavy atom. The van der Waals surface area contributed by atoms with Gasteiger partial charge in [-0.2, -0.15) is 0 Å². The Hall–Kier alpha value is -1.61. The molecule has 2 aromatic rings. The van der Waals surface area contributed by atoms with Crippen molar-refractivity contribution in [2.24, 2.45) is 0 Å². The van der Waals surface area contributed by atoms with E-state index in [0.717, 1.165) is 24.6 Å². The largest absolute Gasteiger partial charge is 0.428 e. The van der Waals surface area contributed by atoms with Crippen LogP contribution < -0.4 is 4.74 Å². The second-order valence-corrected chi connectivity index (χ2v) is 6.05. The number of benzene rings is 2. The first-order valence-electron chi connectivity index (χ1n) is 7.25. The van der Waals surface area contributed by atoms with Crippen molar-refractivity contribution in [1.82, 2.24) is 0 Å². The van der Waals surface area contributed by atoms with Gasteiger partial charge in [-0.1, -0.05) is 58.7 Å². The summed E-state index contributed by atoms with van der Waals surface area (Å²) in [5, 5.41) is 1.03. The van der Waals surface area contributed by atoms with Gasteiger partial charge in [0.25, 0.3) is 6.47 Å². The molecule has 2 nitrogen and oxygen atoms in total. The normalized spacial score (nSPS) is 15.4. The van der Waals surface area contributed by atoms with E-state index in [-0.39, 0.29) is 0 Å². The summed E-state index contributed by atoms with van der Waals surface area (Å²) in [4.78, 5) is 10.8. The summed E-state index contributed by atoms with van der Waals surface area (Å²) < 4.78 is 5.23. The Bertz CT molecular complexity index is 651. The maximum Gasteiger partial charge on any atom is 0.298 e. The van der Waals surface area contributed by atoms with Crippen molar-refractivity contribution in [3.8, 4) is 16.9 Å². The maximum absolute atomic E-state index is 10.8. The van der Waals surface area contributed by atoms with Gasteiger partial charge >= 0.3 is 0 Å². The number of hydrogen-bond donors (Lipinski definition) is 0. The van der Waals surface area contributed by atoms with E-state index in [9.17, 15) is 4.79 Å². The fourth-order valence-electron chi connectivity index (χ4n) is 3.24. The highest BCUT2D eigenvalue weighted by atomic mass is 79.9. The molecule has 0 aliphatic heterocycles. The lowest BCUT2D eigenvalue weighted by Crippen LogP contribution is -2.01. The van der Waals surface area contributed by atoms with Gasteiger partial charge in [0.2, 0.25) is 0 Å². The number of ether oxygens (including phenoxy) is 1. The molecule has 3 heteroatoms. The molecule has 0 saturated heterocycles. The third-order valence-corrected chi connectivity index (χ3v) is 4.65. The van der Waals surface area contributed by atoms with E-state index < -0.39 is 0 Å². The molecule has 0 N–H and O–H groups in total. The Morgan fingerprint density at radius 3 is 2.67 bits per heavy atom. The van der Waals surface area contributed by atoms with Crippen LogP contribution in [0.1, 0.15) is 36.3 Å². The van der Waals surface area contributed by atoms with E-state index >= 15 is 0 Å². The Morgan fingerprint density at radius 2 is 1.86 bits per heavy atom. The average Bonchev–Trinajstić information content (AvgIpc) is 2.84. The minimum absolute atomic E-state index is 0.325. The zero-order chi connectivity index (χ0) is 14.7. The molecule has 1 aliphatic rings. The van der Waals surface area contributed by atoms with Gasteiger partial charge in [-0.15, -0.1) is 0 Å². The quantitative estimate of drug-likeness (QED) is 0.423. The van der Waals surface area contributed by atoms with Crippen LogP contribution in [0.3, 0.4) is 0 Å². The third kappa shape index (κ3) is 2.62. The number of hydrogen-bond acceptors (Lipinski definition) is 2. The van der Waals surface area contributed by atoms with Crippen molar-refractivity contribution in [3.05, 3.63) is 53.6 Å². The molecule has 3 rings (SSSR count). The van der Waals surface area contributed by atoms with Crippen molar-refractivity contribution >= 4 is 22.4 Å². The van der Waals surface area contributed by atoms with Crippen LogP contribution in [0.25, 0.3) is 11.1 Å². The van der Waals surface area contributed by atoms with E-state index in [1.54, 1.807) is 0 Å². The fraction of sp³-hybridized carbons (Fsp3) is 0.278. The summed E-state index contributed by atoms with van der Waals surface area (Å²) in [6.45, 7) is 0.522. The molecule has 0 aromatic heterocycles. The number of halogens is 1. The summed E-state index contributed by atoms with van der Waals surface area (Å²) in [6, 6.07) is 14.5. The maximum atomic E-state index is 10.8. The molecule has 1 aliphatic carbocycles. The van der Waals surface area contributed by atoms with Crippen LogP contribution in [0, 0.1) is 0 Å². The topological polar surface area (TPSA) is 26.3 Å². The molecule has 108 valence electrons. The van der Waals surface area contributed by atoms with Gasteiger partial charge in [-0.3, -0.25) is 4.79 Å². The molecule has 1 unspecified atom stereocenters. The van der Waals surface area contributed by atoms with Crippen LogP contribution >= 0.6 is 15.9 Å². The van der Waals surface area contributed by atoms with Gasteiger partial charge in [-0.05, 0) is 35.6 Å². The minimum Gasteiger partial charge on any atom is -0.428 e. The standard InChI is InChI=1S/C18H17BrO2/c19-11-4-3-8-15-13-6-1-2-7-14(13)16-9-5-10-17(18(15)16)21-12-20/h1-2,5-7,9-10,12,15H,3-4,8,11H2. The summed E-state index contributed by atoms with van der Waals surface area (Å²) >= 11 is 3.49. The molecule has 0 heterocycles. The molecule has 2 aromatic carbocycles. The monoisotopic (exact) mass is 344 g/mol. The molecule has 1 atom stereocenters. The summed E-state index contributed by atoms with van der Waals surface area (Å²) in [5.41, 5.74) is 4.99. The molecule has 0 spiro atoms. The first-order valence-corrected chi connectivity index (χ1v) is 8.37. The second kappa shape index (κ2) is 6.44. The number of unbranched alkanes of at least 4 members (excludes halogenated alkanes) is 1. The van der Waals surface area contributed by atoms with Gasteiger partial charge in [0.05, 0.1) is 0 Å². The highest BCUT2D eigenvalue weighted by molar-refractivity contribution is 9.09. The first kappa shape index (κ1) is 14.3. The molecule has 0 saturated carbocycles. The highest BCUT2D eigenvalue weighted by Gasteiger charge is 2.30. The van der Waals surface area contributed by atoms with Crippen molar-refractivity contribution in [2.45, 2.75) is 25.2 Å². The number of fused-ring (bicyclic) bond motifs is 3. The zero-order valence-electron chi connectivity index (χ0n) is 11.7. The molecule has 0 amide bonds.